The van der Waals surface area contributed by atoms with Gasteiger partial charge < -0.3 is 20.3 Å². The zero-order chi connectivity index (χ0) is 16.7. The zero-order valence-electron chi connectivity index (χ0n) is 13.8. The Kier molecular flexibility index (Phi) is 6.40. The Morgan fingerprint density at radius 1 is 1.35 bits per heavy atom. The average molecular weight is 319 g/mol. The van der Waals surface area contributed by atoms with E-state index in [1.807, 2.05) is 31.2 Å². The van der Waals surface area contributed by atoms with Crippen LogP contribution in [0.3, 0.4) is 0 Å². The maximum Gasteiger partial charge on any atom is 0.242 e. The topological polar surface area (TPSA) is 70.7 Å². The van der Waals surface area contributed by atoms with Gasteiger partial charge in [0.1, 0.15) is 6.04 Å². The summed E-state index contributed by atoms with van der Waals surface area (Å²) in [5, 5.41) is 6.03. The van der Waals surface area contributed by atoms with Crippen LogP contribution in [-0.2, 0) is 14.3 Å². The summed E-state index contributed by atoms with van der Waals surface area (Å²) < 4.78 is 4.95. The van der Waals surface area contributed by atoms with E-state index in [9.17, 15) is 9.59 Å². The highest BCUT2D eigenvalue weighted by atomic mass is 16.5. The van der Waals surface area contributed by atoms with Crippen LogP contribution in [-0.4, -0.2) is 44.7 Å². The molecule has 1 heterocycles. The normalized spacial score (nSPS) is 15.6. The monoisotopic (exact) mass is 319 g/mol. The lowest BCUT2D eigenvalue weighted by molar-refractivity contribution is -0.121. The molecular formula is C17H25N3O3. The molecule has 2 N–H and O–H groups in total. The number of carbonyl (C=O) groups is 2. The Labute approximate surface area is 137 Å². The number of ether oxygens (including phenoxy) is 1. The summed E-state index contributed by atoms with van der Waals surface area (Å²) in [7, 11) is 1.64. The highest BCUT2D eigenvalue weighted by Crippen LogP contribution is 2.23. The molecule has 1 saturated heterocycles. The molecule has 1 atom stereocenters. The smallest absolute Gasteiger partial charge is 0.242 e. The van der Waals surface area contributed by atoms with E-state index in [0.29, 0.717) is 19.6 Å². The van der Waals surface area contributed by atoms with Crippen LogP contribution in [0.2, 0.25) is 0 Å². The molecule has 1 unspecified atom stereocenters. The van der Waals surface area contributed by atoms with Crippen molar-refractivity contribution < 1.29 is 14.3 Å². The van der Waals surface area contributed by atoms with E-state index in [1.165, 1.54) is 0 Å². The first kappa shape index (κ1) is 17.3. The summed E-state index contributed by atoms with van der Waals surface area (Å²) >= 11 is 0. The molecule has 126 valence electrons. The van der Waals surface area contributed by atoms with Crippen LogP contribution < -0.4 is 15.5 Å². The molecule has 6 heteroatoms. The number of methoxy groups -OCH3 is 1. The largest absolute Gasteiger partial charge is 0.385 e. The number of nitrogens with one attached hydrogen (secondary N) is 2. The van der Waals surface area contributed by atoms with Gasteiger partial charge in [-0.25, -0.2) is 0 Å². The van der Waals surface area contributed by atoms with E-state index in [2.05, 4.69) is 10.6 Å². The number of nitrogens with zero attached hydrogens (tertiary/aromatic N) is 1. The molecule has 0 spiro atoms. The second-order valence-corrected chi connectivity index (χ2v) is 5.70. The van der Waals surface area contributed by atoms with E-state index >= 15 is 0 Å². The third-order valence-electron chi connectivity index (χ3n) is 3.85. The van der Waals surface area contributed by atoms with E-state index in [4.69, 9.17) is 4.74 Å². The van der Waals surface area contributed by atoms with Crippen LogP contribution in [0.1, 0.15) is 26.2 Å². The van der Waals surface area contributed by atoms with Gasteiger partial charge in [0.05, 0.1) is 0 Å². The predicted octanol–water partition coefficient (Wildman–Crippen LogP) is 1.77. The quantitative estimate of drug-likeness (QED) is 0.716. The van der Waals surface area contributed by atoms with Gasteiger partial charge in [-0.2, -0.15) is 0 Å². The first-order chi connectivity index (χ1) is 11.1. The Bertz CT molecular complexity index is 530. The third-order valence-corrected chi connectivity index (χ3v) is 3.85. The maximum atomic E-state index is 12.0. The van der Waals surface area contributed by atoms with Crippen molar-refractivity contribution in [2.75, 3.05) is 37.0 Å². The molecule has 0 aromatic heterocycles. The van der Waals surface area contributed by atoms with Crippen molar-refractivity contribution in [3.63, 3.8) is 0 Å². The first-order valence-corrected chi connectivity index (χ1v) is 8.05. The number of benzene rings is 1. The molecule has 2 rings (SSSR count). The number of carbonyl (C=O) groups excluding carboxylic acids is 2. The van der Waals surface area contributed by atoms with Crippen LogP contribution in [0.5, 0.6) is 0 Å². The summed E-state index contributed by atoms with van der Waals surface area (Å²) in [6, 6.07) is 7.30. The number of amides is 2. The summed E-state index contributed by atoms with van der Waals surface area (Å²) in [5.74, 6) is 0.134. The van der Waals surface area contributed by atoms with Gasteiger partial charge in [-0.3, -0.25) is 9.59 Å². The molecule has 2 amide bonds. The molecule has 0 aliphatic carbocycles. The fraction of sp³-hybridized carbons (Fsp3) is 0.529. The number of anilines is 2. The van der Waals surface area contributed by atoms with Crippen molar-refractivity contribution in [2.45, 2.75) is 32.2 Å². The van der Waals surface area contributed by atoms with Crippen molar-refractivity contribution in [3.8, 4) is 0 Å². The van der Waals surface area contributed by atoms with Gasteiger partial charge in [0.25, 0.3) is 0 Å². The van der Waals surface area contributed by atoms with Gasteiger partial charge in [-0.15, -0.1) is 0 Å². The summed E-state index contributed by atoms with van der Waals surface area (Å²) in [6.07, 6.45) is 2.34. The summed E-state index contributed by atoms with van der Waals surface area (Å²) in [5.41, 5.74) is 1.77. The lowest BCUT2D eigenvalue weighted by atomic mass is 10.2. The second-order valence-electron chi connectivity index (χ2n) is 5.70. The van der Waals surface area contributed by atoms with Gasteiger partial charge in [0.15, 0.2) is 0 Å². The third kappa shape index (κ3) is 4.96. The lowest BCUT2D eigenvalue weighted by Gasteiger charge is -2.18. The number of hydrogen-bond donors (Lipinski definition) is 2. The fourth-order valence-corrected chi connectivity index (χ4v) is 2.56. The molecule has 0 radical (unpaired) electrons. The SMILES string of the molecule is COCCCNC(=O)C(C)Nc1ccc(N2CCCC2=O)cc1. The minimum Gasteiger partial charge on any atom is -0.385 e. The van der Waals surface area contributed by atoms with Gasteiger partial charge in [0.2, 0.25) is 11.8 Å². The van der Waals surface area contributed by atoms with Crippen molar-refractivity contribution in [1.82, 2.24) is 5.32 Å². The molecule has 1 aliphatic heterocycles. The van der Waals surface area contributed by atoms with Gasteiger partial charge in [0, 0.05) is 44.6 Å². The average Bonchev–Trinajstić information content (AvgIpc) is 2.98. The lowest BCUT2D eigenvalue weighted by Crippen LogP contribution is -2.38. The van der Waals surface area contributed by atoms with Crippen LogP contribution in [0.25, 0.3) is 0 Å². The van der Waals surface area contributed by atoms with Crippen molar-refractivity contribution in [3.05, 3.63) is 24.3 Å². The van der Waals surface area contributed by atoms with Crippen LogP contribution in [0.4, 0.5) is 11.4 Å². The molecule has 1 aromatic rings. The van der Waals surface area contributed by atoms with E-state index < -0.39 is 0 Å². The van der Waals surface area contributed by atoms with Crippen molar-refractivity contribution in [2.24, 2.45) is 0 Å². The zero-order valence-corrected chi connectivity index (χ0v) is 13.8. The molecule has 1 fully saturated rings. The number of hydrogen-bond acceptors (Lipinski definition) is 4. The summed E-state index contributed by atoms with van der Waals surface area (Å²) in [4.78, 5) is 25.5. The Balaban J connectivity index is 1.82. The summed E-state index contributed by atoms with van der Waals surface area (Å²) in [6.45, 7) is 3.85. The van der Waals surface area contributed by atoms with E-state index in [1.54, 1.807) is 12.0 Å². The van der Waals surface area contributed by atoms with Gasteiger partial charge in [-0.05, 0) is 44.0 Å². The predicted molar refractivity (Wildman–Crippen MR) is 90.6 cm³/mol. The second kappa shape index (κ2) is 8.53. The Morgan fingerprint density at radius 3 is 2.70 bits per heavy atom. The molecule has 0 saturated carbocycles. The van der Waals surface area contributed by atoms with Crippen LogP contribution in [0.15, 0.2) is 24.3 Å². The molecular weight excluding hydrogens is 294 g/mol. The molecule has 1 aliphatic rings. The van der Waals surface area contributed by atoms with Gasteiger partial charge >= 0.3 is 0 Å². The highest BCUT2D eigenvalue weighted by molar-refractivity contribution is 5.95. The van der Waals surface area contributed by atoms with Gasteiger partial charge in [-0.1, -0.05) is 0 Å². The van der Waals surface area contributed by atoms with Crippen LogP contribution >= 0.6 is 0 Å². The standard InChI is InChI=1S/C17H25N3O3/c1-13(17(22)18-10-4-12-23-2)19-14-6-8-15(9-7-14)20-11-3-5-16(20)21/h6-9,13,19H,3-5,10-12H2,1-2H3,(H,18,22). The molecule has 6 nitrogen and oxygen atoms in total. The minimum atomic E-state index is -0.322. The van der Waals surface area contributed by atoms with Crippen molar-refractivity contribution in [1.29, 1.82) is 0 Å². The van der Waals surface area contributed by atoms with E-state index in [-0.39, 0.29) is 17.9 Å². The molecule has 1 aromatic carbocycles. The molecule has 23 heavy (non-hydrogen) atoms. The first-order valence-electron chi connectivity index (χ1n) is 8.05. The number of rotatable bonds is 8. The maximum absolute atomic E-state index is 12.0. The van der Waals surface area contributed by atoms with Crippen molar-refractivity contribution >= 4 is 23.2 Å². The fourth-order valence-electron chi connectivity index (χ4n) is 2.56. The highest BCUT2D eigenvalue weighted by Gasteiger charge is 2.21. The van der Waals surface area contributed by atoms with Crippen LogP contribution in [0, 0.1) is 0 Å². The Morgan fingerprint density at radius 2 is 2.09 bits per heavy atom. The molecule has 0 bridgehead atoms. The van der Waals surface area contributed by atoms with E-state index in [0.717, 1.165) is 30.8 Å². The minimum absolute atomic E-state index is 0.0418. The Hall–Kier alpha value is -2.08.